The monoisotopic (exact) mass is 308 g/mol. The van der Waals surface area contributed by atoms with Crippen LogP contribution in [0.25, 0.3) is 0 Å². The van der Waals surface area contributed by atoms with E-state index in [1.807, 2.05) is 0 Å². The lowest BCUT2D eigenvalue weighted by Gasteiger charge is -2.21. The number of esters is 1. The largest absolute Gasteiger partial charge is 0.465 e. The smallest absolute Gasteiger partial charge is 0.337 e. The van der Waals surface area contributed by atoms with Crippen LogP contribution in [0, 0.1) is 0 Å². The van der Waals surface area contributed by atoms with E-state index in [1.54, 1.807) is 36.0 Å². The number of hydrogen-bond donors (Lipinski definition) is 2. The number of rotatable bonds is 5. The number of benzene rings is 1. The normalized spacial score (nSPS) is 15.5. The van der Waals surface area contributed by atoms with E-state index in [4.69, 9.17) is 0 Å². The van der Waals surface area contributed by atoms with E-state index in [9.17, 15) is 9.59 Å². The number of ether oxygens (including phenoxy) is 1. The summed E-state index contributed by atoms with van der Waals surface area (Å²) < 4.78 is 4.66. The zero-order chi connectivity index (χ0) is 15.1. The van der Waals surface area contributed by atoms with E-state index < -0.39 is 5.97 Å². The number of amides is 1. The lowest BCUT2D eigenvalue weighted by molar-refractivity contribution is -0.113. The topological polar surface area (TPSA) is 67.4 Å². The first-order chi connectivity index (χ1) is 10.2. The maximum atomic E-state index is 11.9. The van der Waals surface area contributed by atoms with Crippen LogP contribution in [-0.2, 0) is 9.53 Å². The first-order valence-corrected chi connectivity index (χ1v) is 8.04. The first kappa shape index (κ1) is 15.9. The maximum Gasteiger partial charge on any atom is 0.337 e. The summed E-state index contributed by atoms with van der Waals surface area (Å²) in [6.45, 7) is 2.06. The molecule has 0 radical (unpaired) electrons. The van der Waals surface area contributed by atoms with Crippen molar-refractivity contribution in [3.8, 4) is 0 Å². The number of hydrogen-bond acceptors (Lipinski definition) is 5. The summed E-state index contributed by atoms with van der Waals surface area (Å²) in [5.74, 6) is -0.0108. The third-order valence-corrected chi connectivity index (χ3v) is 4.68. The second-order valence-corrected chi connectivity index (χ2v) is 6.17. The molecule has 1 aromatic carbocycles. The summed E-state index contributed by atoms with van der Waals surface area (Å²) >= 11 is 1.70. The predicted molar refractivity (Wildman–Crippen MR) is 84.8 cm³/mol. The summed E-state index contributed by atoms with van der Waals surface area (Å²) in [6, 6.07) is 6.77. The third kappa shape index (κ3) is 5.06. The fourth-order valence-corrected chi connectivity index (χ4v) is 3.22. The van der Waals surface area contributed by atoms with Gasteiger partial charge in [-0.2, -0.15) is 0 Å². The minimum absolute atomic E-state index is 0.0412. The molecule has 2 N–H and O–H groups in total. The molecule has 1 amide bonds. The van der Waals surface area contributed by atoms with Crippen LogP contribution in [-0.4, -0.2) is 43.1 Å². The zero-order valence-corrected chi connectivity index (χ0v) is 12.9. The van der Waals surface area contributed by atoms with Gasteiger partial charge in [-0.1, -0.05) is 6.07 Å². The molecule has 21 heavy (non-hydrogen) atoms. The van der Waals surface area contributed by atoms with Gasteiger partial charge < -0.3 is 15.4 Å². The molecule has 0 atom stereocenters. The molecule has 114 valence electrons. The Morgan fingerprint density at radius 3 is 2.86 bits per heavy atom. The fourth-order valence-electron chi connectivity index (χ4n) is 2.19. The third-order valence-electron chi connectivity index (χ3n) is 3.30. The Labute approximate surface area is 128 Å². The van der Waals surface area contributed by atoms with Crippen LogP contribution < -0.4 is 10.6 Å². The molecule has 0 spiro atoms. The predicted octanol–water partition coefficient (Wildman–Crippen LogP) is 1.90. The molecule has 1 heterocycles. The van der Waals surface area contributed by atoms with Crippen LogP contribution >= 0.6 is 11.8 Å². The summed E-state index contributed by atoms with van der Waals surface area (Å²) in [6.07, 6.45) is 2.21. The number of carbonyl (C=O) groups is 2. The van der Waals surface area contributed by atoms with Gasteiger partial charge in [0.25, 0.3) is 0 Å². The van der Waals surface area contributed by atoms with Crippen molar-refractivity contribution in [1.29, 1.82) is 0 Å². The van der Waals surface area contributed by atoms with Gasteiger partial charge in [-0.25, -0.2) is 4.79 Å². The Balaban J connectivity index is 1.83. The van der Waals surface area contributed by atoms with E-state index in [-0.39, 0.29) is 5.91 Å². The molecule has 6 heteroatoms. The summed E-state index contributed by atoms with van der Waals surface area (Å²) in [5, 5.41) is 6.68. The fraction of sp³-hybridized carbons (Fsp3) is 0.467. The second kappa shape index (κ2) is 8.05. The summed E-state index contributed by atoms with van der Waals surface area (Å²) in [5.41, 5.74) is 1.05. The van der Waals surface area contributed by atoms with Crippen LogP contribution in [0.2, 0.25) is 0 Å². The summed E-state index contributed by atoms with van der Waals surface area (Å²) in [4.78, 5) is 23.4. The van der Waals surface area contributed by atoms with Gasteiger partial charge in [-0.3, -0.25) is 4.79 Å². The van der Waals surface area contributed by atoms with Crippen LogP contribution in [0.3, 0.4) is 0 Å². The number of nitrogens with one attached hydrogen (secondary N) is 2. The van der Waals surface area contributed by atoms with Crippen molar-refractivity contribution in [3.63, 3.8) is 0 Å². The summed E-state index contributed by atoms with van der Waals surface area (Å²) in [7, 11) is 1.34. The standard InChI is InChI=1S/C15H20N2O3S/c1-20-15(19)11-3-2-4-12(9-11)17-14(18)10-21-13-5-7-16-8-6-13/h2-4,9,13,16H,5-8,10H2,1H3,(H,17,18). The highest BCUT2D eigenvalue weighted by Crippen LogP contribution is 2.20. The highest BCUT2D eigenvalue weighted by atomic mass is 32.2. The molecule has 5 nitrogen and oxygen atoms in total. The second-order valence-electron chi connectivity index (χ2n) is 4.88. The van der Waals surface area contributed by atoms with Crippen LogP contribution in [0.4, 0.5) is 5.69 Å². The highest BCUT2D eigenvalue weighted by Gasteiger charge is 2.15. The molecule has 0 aromatic heterocycles. The van der Waals surface area contributed by atoms with Gasteiger partial charge in [0.1, 0.15) is 0 Å². The van der Waals surface area contributed by atoms with Crippen LogP contribution in [0.1, 0.15) is 23.2 Å². The Bertz CT molecular complexity index is 501. The SMILES string of the molecule is COC(=O)c1cccc(NC(=O)CSC2CCNCC2)c1. The van der Waals surface area contributed by atoms with Gasteiger partial charge in [0.15, 0.2) is 0 Å². The molecular formula is C15H20N2O3S. The molecule has 1 aliphatic rings. The Kier molecular flexibility index (Phi) is 6.07. The van der Waals surface area contributed by atoms with Crippen molar-refractivity contribution >= 4 is 29.3 Å². The average molecular weight is 308 g/mol. The Morgan fingerprint density at radius 1 is 1.38 bits per heavy atom. The molecule has 2 rings (SSSR count). The van der Waals surface area contributed by atoms with Gasteiger partial charge in [0.05, 0.1) is 18.4 Å². The lowest BCUT2D eigenvalue weighted by Crippen LogP contribution is -2.30. The number of piperidine rings is 1. The van der Waals surface area contributed by atoms with Gasteiger partial charge in [-0.05, 0) is 44.1 Å². The molecule has 0 unspecified atom stereocenters. The maximum absolute atomic E-state index is 11.9. The van der Waals surface area contributed by atoms with Crippen molar-refractivity contribution in [2.24, 2.45) is 0 Å². The number of anilines is 1. The van der Waals surface area contributed by atoms with Crippen LogP contribution in [0.15, 0.2) is 24.3 Å². The molecule has 0 bridgehead atoms. The molecule has 1 saturated heterocycles. The minimum Gasteiger partial charge on any atom is -0.465 e. The van der Waals surface area contributed by atoms with Crippen LogP contribution in [0.5, 0.6) is 0 Å². The number of thioether (sulfide) groups is 1. The first-order valence-electron chi connectivity index (χ1n) is 6.99. The molecule has 1 aliphatic heterocycles. The zero-order valence-electron chi connectivity index (χ0n) is 12.1. The van der Waals surface area contributed by atoms with Crippen molar-refractivity contribution in [1.82, 2.24) is 5.32 Å². The minimum atomic E-state index is -0.407. The Hall–Kier alpha value is -1.53. The van der Waals surface area contributed by atoms with E-state index in [0.29, 0.717) is 22.3 Å². The number of carbonyl (C=O) groups excluding carboxylic acids is 2. The Morgan fingerprint density at radius 2 is 2.14 bits per heavy atom. The quantitative estimate of drug-likeness (QED) is 0.813. The van der Waals surface area contributed by atoms with Gasteiger partial charge in [0, 0.05) is 10.9 Å². The van der Waals surface area contributed by atoms with E-state index >= 15 is 0 Å². The van der Waals surface area contributed by atoms with E-state index in [0.717, 1.165) is 25.9 Å². The van der Waals surface area contributed by atoms with Gasteiger partial charge in [-0.15, -0.1) is 11.8 Å². The van der Waals surface area contributed by atoms with Crippen molar-refractivity contribution < 1.29 is 14.3 Å². The molecule has 1 aromatic rings. The van der Waals surface area contributed by atoms with Gasteiger partial charge in [0.2, 0.25) is 5.91 Å². The van der Waals surface area contributed by atoms with Crippen molar-refractivity contribution in [3.05, 3.63) is 29.8 Å². The van der Waals surface area contributed by atoms with Crippen molar-refractivity contribution in [2.45, 2.75) is 18.1 Å². The lowest BCUT2D eigenvalue weighted by atomic mass is 10.2. The average Bonchev–Trinajstić information content (AvgIpc) is 2.53. The van der Waals surface area contributed by atoms with Crippen molar-refractivity contribution in [2.75, 3.05) is 31.3 Å². The van der Waals surface area contributed by atoms with E-state index in [2.05, 4.69) is 15.4 Å². The van der Waals surface area contributed by atoms with Gasteiger partial charge >= 0.3 is 5.97 Å². The molecule has 0 saturated carbocycles. The molecule has 0 aliphatic carbocycles. The van der Waals surface area contributed by atoms with E-state index in [1.165, 1.54) is 7.11 Å². The number of methoxy groups -OCH3 is 1. The molecular weight excluding hydrogens is 288 g/mol. The molecule has 1 fully saturated rings. The highest BCUT2D eigenvalue weighted by molar-refractivity contribution is 8.00.